The van der Waals surface area contributed by atoms with Crippen LogP contribution in [0.2, 0.25) is 0 Å². The predicted molar refractivity (Wildman–Crippen MR) is 62.6 cm³/mol. The molecule has 0 radical (unpaired) electrons. The largest absolute Gasteiger partial charge is 0.477 e. The van der Waals surface area contributed by atoms with Crippen molar-refractivity contribution in [3.63, 3.8) is 0 Å². The molecule has 0 aromatic rings. The Kier molecular flexibility index (Phi) is 5.94. The molecule has 0 fully saturated rings. The Hall–Kier alpha value is -1.76. The summed E-state index contributed by atoms with van der Waals surface area (Å²) in [7, 11) is 0. The summed E-state index contributed by atoms with van der Waals surface area (Å²) in [6.07, 6.45) is 4.70. The Labute approximate surface area is 96.5 Å². The van der Waals surface area contributed by atoms with Gasteiger partial charge in [0.2, 0.25) is 0 Å². The molecule has 0 spiro atoms. The lowest BCUT2D eigenvalue weighted by Gasteiger charge is -2.28. The second-order valence-corrected chi connectivity index (χ2v) is 3.97. The molecule has 1 N–H and O–H groups in total. The molecule has 0 unspecified atom stereocenters. The highest BCUT2D eigenvalue weighted by atomic mass is 16.4. The monoisotopic (exact) mass is 222 g/mol. The molecular weight excluding hydrogens is 204 g/mol. The van der Waals surface area contributed by atoms with Gasteiger partial charge in [0.15, 0.2) is 0 Å². The molecule has 0 saturated heterocycles. The zero-order chi connectivity index (χ0) is 12.7. The average molecular weight is 222 g/mol. The summed E-state index contributed by atoms with van der Waals surface area (Å²) < 4.78 is 0. The van der Waals surface area contributed by atoms with E-state index in [1.165, 1.54) is 6.08 Å². The topological polar surface area (TPSA) is 64.3 Å². The van der Waals surface area contributed by atoms with E-state index in [-0.39, 0.29) is 5.57 Å². The van der Waals surface area contributed by atoms with Gasteiger partial charge in [-0.3, -0.25) is 0 Å². The Morgan fingerprint density at radius 1 is 1.31 bits per heavy atom. The fourth-order valence-corrected chi connectivity index (χ4v) is 1.34. The molecule has 16 heavy (non-hydrogen) atoms. The van der Waals surface area contributed by atoms with Crippen molar-refractivity contribution >= 4 is 5.97 Å². The van der Waals surface area contributed by atoms with Crippen LogP contribution in [0.25, 0.3) is 0 Å². The van der Waals surface area contributed by atoms with Crippen LogP contribution in [0.1, 0.15) is 27.7 Å². The number of carboxylic acids is 1. The zero-order valence-corrected chi connectivity index (χ0v) is 10.1. The Morgan fingerprint density at radius 2 is 1.81 bits per heavy atom. The van der Waals surface area contributed by atoms with Crippen LogP contribution >= 0.6 is 0 Å². The molecule has 4 heteroatoms. The van der Waals surface area contributed by atoms with E-state index in [2.05, 4.69) is 32.6 Å². The second kappa shape index (κ2) is 6.67. The minimum atomic E-state index is -1.20. The average Bonchev–Trinajstić information content (AvgIpc) is 2.15. The first-order valence-corrected chi connectivity index (χ1v) is 5.19. The van der Waals surface area contributed by atoms with Crippen LogP contribution in [0.5, 0.6) is 0 Å². The normalized spacial score (nSPS) is 12.2. The summed E-state index contributed by atoms with van der Waals surface area (Å²) >= 11 is 0. The summed E-state index contributed by atoms with van der Waals surface area (Å²) in [6.45, 7) is 8.21. The molecular formula is C12H18N2O2. The summed E-state index contributed by atoms with van der Waals surface area (Å²) in [4.78, 5) is 12.6. The van der Waals surface area contributed by atoms with Crippen LogP contribution < -0.4 is 0 Å². The van der Waals surface area contributed by atoms with Gasteiger partial charge in [0, 0.05) is 12.1 Å². The highest BCUT2D eigenvalue weighted by Crippen LogP contribution is 2.05. The van der Waals surface area contributed by atoms with Gasteiger partial charge in [-0.15, -0.1) is 0 Å². The molecule has 0 aromatic carbocycles. The molecule has 0 heterocycles. The fourth-order valence-electron chi connectivity index (χ4n) is 1.34. The first kappa shape index (κ1) is 14.2. The lowest BCUT2D eigenvalue weighted by atomic mass is 10.2. The quantitative estimate of drug-likeness (QED) is 0.440. The van der Waals surface area contributed by atoms with Crippen LogP contribution in [-0.2, 0) is 4.79 Å². The van der Waals surface area contributed by atoms with Crippen molar-refractivity contribution in [1.82, 2.24) is 4.90 Å². The van der Waals surface area contributed by atoms with E-state index in [0.29, 0.717) is 12.1 Å². The Morgan fingerprint density at radius 3 is 2.12 bits per heavy atom. The smallest absolute Gasteiger partial charge is 0.346 e. The summed E-state index contributed by atoms with van der Waals surface area (Å²) in [5.74, 6) is -1.20. The molecule has 0 aliphatic rings. The number of rotatable bonds is 5. The maximum atomic E-state index is 10.5. The maximum Gasteiger partial charge on any atom is 0.346 e. The first-order valence-electron chi connectivity index (χ1n) is 5.19. The number of hydrogen-bond donors (Lipinski definition) is 1. The van der Waals surface area contributed by atoms with Crippen molar-refractivity contribution in [2.45, 2.75) is 39.8 Å². The van der Waals surface area contributed by atoms with Gasteiger partial charge >= 0.3 is 5.97 Å². The van der Waals surface area contributed by atoms with Crippen molar-refractivity contribution in [1.29, 1.82) is 5.26 Å². The number of allylic oxidation sites excluding steroid dienone is 2. The number of carbonyl (C=O) groups is 1. The lowest BCUT2D eigenvalue weighted by molar-refractivity contribution is -0.132. The number of nitriles is 1. The van der Waals surface area contributed by atoms with E-state index >= 15 is 0 Å². The molecule has 0 aliphatic carbocycles. The third kappa shape index (κ3) is 4.65. The van der Waals surface area contributed by atoms with Crippen molar-refractivity contribution in [2.75, 3.05) is 0 Å². The summed E-state index contributed by atoms with van der Waals surface area (Å²) in [6, 6.07) is 2.29. The van der Waals surface area contributed by atoms with Gasteiger partial charge in [-0.05, 0) is 46.0 Å². The van der Waals surface area contributed by atoms with Crippen LogP contribution in [0.4, 0.5) is 0 Å². The van der Waals surface area contributed by atoms with E-state index in [1.54, 1.807) is 18.3 Å². The molecule has 4 nitrogen and oxygen atoms in total. The van der Waals surface area contributed by atoms with Gasteiger partial charge in [-0.2, -0.15) is 5.26 Å². The second-order valence-electron chi connectivity index (χ2n) is 3.97. The molecule has 0 aliphatic heterocycles. The first-order chi connectivity index (χ1) is 7.40. The van der Waals surface area contributed by atoms with Crippen molar-refractivity contribution in [3.05, 3.63) is 23.9 Å². The summed E-state index contributed by atoms with van der Waals surface area (Å²) in [5, 5.41) is 17.2. The fraction of sp³-hybridized carbons (Fsp3) is 0.500. The van der Waals surface area contributed by atoms with Crippen LogP contribution in [-0.4, -0.2) is 28.1 Å². The highest BCUT2D eigenvalue weighted by molar-refractivity contribution is 5.91. The van der Waals surface area contributed by atoms with Crippen LogP contribution in [0.3, 0.4) is 0 Å². The third-order valence-electron chi connectivity index (χ3n) is 2.06. The van der Waals surface area contributed by atoms with Crippen molar-refractivity contribution in [3.8, 4) is 6.07 Å². The minimum absolute atomic E-state index is 0.260. The minimum Gasteiger partial charge on any atom is -0.477 e. The van der Waals surface area contributed by atoms with Crippen molar-refractivity contribution in [2.24, 2.45) is 0 Å². The van der Waals surface area contributed by atoms with E-state index in [1.807, 2.05) is 0 Å². The summed E-state index contributed by atoms with van der Waals surface area (Å²) in [5.41, 5.74) is -0.260. The molecule has 0 bridgehead atoms. The number of nitrogens with zero attached hydrogens (tertiary/aromatic N) is 2. The number of aliphatic carboxylic acids is 1. The molecule has 0 atom stereocenters. The van der Waals surface area contributed by atoms with Gasteiger partial charge in [0.05, 0.1) is 0 Å². The highest BCUT2D eigenvalue weighted by Gasteiger charge is 2.07. The van der Waals surface area contributed by atoms with E-state index in [9.17, 15) is 4.79 Å². The molecule has 0 rings (SSSR count). The van der Waals surface area contributed by atoms with Gasteiger partial charge < -0.3 is 10.0 Å². The van der Waals surface area contributed by atoms with Gasteiger partial charge in [0.1, 0.15) is 11.6 Å². The Bertz CT molecular complexity index is 327. The number of carboxylic acid groups (broad SMARTS) is 1. The molecule has 88 valence electrons. The predicted octanol–water partition coefficient (Wildman–Crippen LogP) is 2.15. The molecule has 0 saturated carbocycles. The SMILES string of the molecule is CC(C)N(C=CC=C(C#N)C(=O)O)C(C)C. The van der Waals surface area contributed by atoms with E-state index in [0.717, 1.165) is 0 Å². The van der Waals surface area contributed by atoms with Crippen LogP contribution in [0.15, 0.2) is 23.9 Å². The maximum absolute atomic E-state index is 10.5. The van der Waals surface area contributed by atoms with E-state index in [4.69, 9.17) is 10.4 Å². The zero-order valence-electron chi connectivity index (χ0n) is 10.1. The van der Waals surface area contributed by atoms with Crippen molar-refractivity contribution < 1.29 is 9.90 Å². The molecule has 0 amide bonds. The molecule has 0 aromatic heterocycles. The third-order valence-corrected chi connectivity index (χ3v) is 2.06. The van der Waals surface area contributed by atoms with E-state index < -0.39 is 5.97 Å². The standard InChI is InChI=1S/C12H18N2O2/c1-9(2)14(10(3)4)7-5-6-11(8-13)12(15)16/h5-7,9-10H,1-4H3,(H,15,16). The number of hydrogen-bond acceptors (Lipinski definition) is 3. The van der Waals surface area contributed by atoms with Gasteiger partial charge in [-0.1, -0.05) is 0 Å². The van der Waals surface area contributed by atoms with Gasteiger partial charge in [0.25, 0.3) is 0 Å². The lowest BCUT2D eigenvalue weighted by Crippen LogP contribution is -2.31. The van der Waals surface area contributed by atoms with Crippen LogP contribution in [0, 0.1) is 11.3 Å². The van der Waals surface area contributed by atoms with Gasteiger partial charge in [-0.25, -0.2) is 4.79 Å². The Balaban J connectivity index is 4.71.